The largest absolute Gasteiger partial charge is 0.399 e. The zero-order valence-electron chi connectivity index (χ0n) is 12.3. The molecule has 0 aliphatic carbocycles. The SMILES string of the molecule is CCN(CC1CCOC1)C(=O)c1c[nH]c2ccc(N)cc12. The maximum Gasteiger partial charge on any atom is 0.256 e. The lowest BCUT2D eigenvalue weighted by Crippen LogP contribution is -2.35. The van der Waals surface area contributed by atoms with Gasteiger partial charge in [-0.15, -0.1) is 0 Å². The number of aromatic amines is 1. The van der Waals surface area contributed by atoms with Gasteiger partial charge in [-0.25, -0.2) is 0 Å². The maximum absolute atomic E-state index is 12.8. The molecule has 0 spiro atoms. The number of nitrogens with zero attached hydrogens (tertiary/aromatic N) is 1. The normalized spacial score (nSPS) is 18.2. The molecule has 21 heavy (non-hydrogen) atoms. The molecular formula is C16H21N3O2. The quantitative estimate of drug-likeness (QED) is 0.847. The predicted octanol–water partition coefficient (Wildman–Crippen LogP) is 2.25. The summed E-state index contributed by atoms with van der Waals surface area (Å²) in [5, 5.41) is 0.890. The van der Waals surface area contributed by atoms with Crippen molar-refractivity contribution in [3.05, 3.63) is 30.0 Å². The molecule has 2 heterocycles. The number of fused-ring (bicyclic) bond motifs is 1. The summed E-state index contributed by atoms with van der Waals surface area (Å²) < 4.78 is 5.40. The summed E-state index contributed by atoms with van der Waals surface area (Å²) in [6, 6.07) is 5.59. The van der Waals surface area contributed by atoms with Gasteiger partial charge in [0.25, 0.3) is 5.91 Å². The average Bonchev–Trinajstić information content (AvgIpc) is 3.13. The van der Waals surface area contributed by atoms with Crippen molar-refractivity contribution in [1.82, 2.24) is 9.88 Å². The van der Waals surface area contributed by atoms with Gasteiger partial charge in [-0.2, -0.15) is 0 Å². The van der Waals surface area contributed by atoms with Crippen LogP contribution in [-0.4, -0.2) is 42.1 Å². The van der Waals surface area contributed by atoms with Crippen molar-refractivity contribution >= 4 is 22.5 Å². The van der Waals surface area contributed by atoms with Crippen molar-refractivity contribution in [2.75, 3.05) is 32.0 Å². The number of hydrogen-bond donors (Lipinski definition) is 2. The van der Waals surface area contributed by atoms with Crippen LogP contribution in [0, 0.1) is 5.92 Å². The zero-order valence-corrected chi connectivity index (χ0v) is 12.3. The van der Waals surface area contributed by atoms with Gasteiger partial charge in [-0.1, -0.05) is 0 Å². The third-order valence-electron chi connectivity index (χ3n) is 4.11. The Morgan fingerprint density at radius 2 is 2.38 bits per heavy atom. The van der Waals surface area contributed by atoms with E-state index in [-0.39, 0.29) is 5.91 Å². The fourth-order valence-corrected chi connectivity index (χ4v) is 2.88. The van der Waals surface area contributed by atoms with Crippen molar-refractivity contribution < 1.29 is 9.53 Å². The van der Waals surface area contributed by atoms with Gasteiger partial charge in [0.2, 0.25) is 0 Å². The van der Waals surface area contributed by atoms with Gasteiger partial charge in [-0.3, -0.25) is 4.79 Å². The molecule has 0 radical (unpaired) electrons. The molecule has 0 saturated carbocycles. The second kappa shape index (κ2) is 5.77. The van der Waals surface area contributed by atoms with Crippen LogP contribution in [0.2, 0.25) is 0 Å². The first-order chi connectivity index (χ1) is 10.2. The molecule has 2 aromatic rings. The standard InChI is InChI=1S/C16H21N3O2/c1-2-19(9-11-5-6-21-10-11)16(20)14-8-18-15-4-3-12(17)7-13(14)15/h3-4,7-8,11,18H,2,5-6,9-10,17H2,1H3. The first-order valence-corrected chi connectivity index (χ1v) is 7.42. The molecule has 1 fully saturated rings. The van der Waals surface area contributed by atoms with Gasteiger partial charge in [-0.05, 0) is 31.5 Å². The van der Waals surface area contributed by atoms with Crippen LogP contribution in [0.15, 0.2) is 24.4 Å². The Bertz CT molecular complexity index is 644. The molecule has 1 atom stereocenters. The highest BCUT2D eigenvalue weighted by molar-refractivity contribution is 6.07. The van der Waals surface area contributed by atoms with E-state index in [1.807, 2.05) is 30.0 Å². The van der Waals surface area contributed by atoms with Crippen molar-refractivity contribution in [2.24, 2.45) is 5.92 Å². The summed E-state index contributed by atoms with van der Waals surface area (Å²) in [5.74, 6) is 0.505. The number of benzene rings is 1. The zero-order chi connectivity index (χ0) is 14.8. The number of rotatable bonds is 4. The first kappa shape index (κ1) is 13.9. The van der Waals surface area contributed by atoms with Crippen LogP contribution in [0.3, 0.4) is 0 Å². The van der Waals surface area contributed by atoms with E-state index in [2.05, 4.69) is 4.98 Å². The van der Waals surface area contributed by atoms with Crippen molar-refractivity contribution in [1.29, 1.82) is 0 Å². The minimum atomic E-state index is 0.0567. The number of carbonyl (C=O) groups is 1. The Labute approximate surface area is 124 Å². The number of ether oxygens (including phenoxy) is 1. The van der Waals surface area contributed by atoms with Gasteiger partial charge < -0.3 is 20.4 Å². The second-order valence-corrected chi connectivity index (χ2v) is 5.58. The van der Waals surface area contributed by atoms with Gasteiger partial charge in [0.15, 0.2) is 0 Å². The predicted molar refractivity (Wildman–Crippen MR) is 83.2 cm³/mol. The Balaban J connectivity index is 1.85. The number of anilines is 1. The van der Waals surface area contributed by atoms with Crippen LogP contribution in [0.4, 0.5) is 5.69 Å². The molecule has 0 bridgehead atoms. The molecule has 1 amide bonds. The molecule has 1 unspecified atom stereocenters. The van der Waals surface area contributed by atoms with Crippen LogP contribution in [0.5, 0.6) is 0 Å². The third-order valence-corrected chi connectivity index (χ3v) is 4.11. The van der Waals surface area contributed by atoms with Gasteiger partial charge in [0, 0.05) is 48.4 Å². The lowest BCUT2D eigenvalue weighted by Gasteiger charge is -2.23. The van der Waals surface area contributed by atoms with Crippen molar-refractivity contribution in [3.63, 3.8) is 0 Å². The lowest BCUT2D eigenvalue weighted by molar-refractivity contribution is 0.0733. The molecule has 1 aliphatic heterocycles. The topological polar surface area (TPSA) is 71.3 Å². The second-order valence-electron chi connectivity index (χ2n) is 5.58. The van der Waals surface area contributed by atoms with Gasteiger partial charge in [0.05, 0.1) is 12.2 Å². The minimum absolute atomic E-state index is 0.0567. The first-order valence-electron chi connectivity index (χ1n) is 7.42. The Kier molecular flexibility index (Phi) is 3.84. The fourth-order valence-electron chi connectivity index (χ4n) is 2.88. The van der Waals surface area contributed by atoms with E-state index in [0.717, 1.165) is 37.1 Å². The van der Waals surface area contributed by atoms with E-state index in [1.54, 1.807) is 6.20 Å². The number of carbonyl (C=O) groups excluding carboxylic acids is 1. The summed E-state index contributed by atoms with van der Waals surface area (Å²) in [7, 11) is 0. The highest BCUT2D eigenvalue weighted by Crippen LogP contribution is 2.23. The van der Waals surface area contributed by atoms with E-state index in [0.29, 0.717) is 23.7 Å². The van der Waals surface area contributed by atoms with Crippen LogP contribution in [0.1, 0.15) is 23.7 Å². The average molecular weight is 287 g/mol. The molecule has 1 saturated heterocycles. The van der Waals surface area contributed by atoms with Gasteiger partial charge >= 0.3 is 0 Å². The highest BCUT2D eigenvalue weighted by atomic mass is 16.5. The van der Waals surface area contributed by atoms with Crippen molar-refractivity contribution in [2.45, 2.75) is 13.3 Å². The minimum Gasteiger partial charge on any atom is -0.399 e. The van der Waals surface area contributed by atoms with Crippen LogP contribution >= 0.6 is 0 Å². The number of aromatic nitrogens is 1. The summed E-state index contributed by atoms with van der Waals surface area (Å²) in [6.45, 7) is 5.02. The molecule has 5 nitrogen and oxygen atoms in total. The molecule has 1 aliphatic rings. The number of nitrogens with two attached hydrogens (primary N) is 1. The number of nitrogen functional groups attached to an aromatic ring is 1. The molecule has 3 rings (SSSR count). The van der Waals surface area contributed by atoms with Crippen LogP contribution in [0.25, 0.3) is 10.9 Å². The Hall–Kier alpha value is -2.01. The number of hydrogen-bond acceptors (Lipinski definition) is 3. The van der Waals surface area contributed by atoms with E-state index >= 15 is 0 Å². The summed E-state index contributed by atoms with van der Waals surface area (Å²) in [5.41, 5.74) is 8.14. The van der Waals surface area contributed by atoms with E-state index < -0.39 is 0 Å². The van der Waals surface area contributed by atoms with Crippen LogP contribution < -0.4 is 5.73 Å². The summed E-state index contributed by atoms with van der Waals surface area (Å²) >= 11 is 0. The van der Waals surface area contributed by atoms with E-state index in [9.17, 15) is 4.79 Å². The Morgan fingerprint density at radius 1 is 1.52 bits per heavy atom. The molecule has 112 valence electrons. The summed E-state index contributed by atoms with van der Waals surface area (Å²) in [4.78, 5) is 17.8. The number of H-pyrrole nitrogens is 1. The molecular weight excluding hydrogens is 266 g/mol. The Morgan fingerprint density at radius 3 is 3.10 bits per heavy atom. The molecule has 1 aromatic carbocycles. The molecule has 3 N–H and O–H groups in total. The smallest absolute Gasteiger partial charge is 0.256 e. The highest BCUT2D eigenvalue weighted by Gasteiger charge is 2.23. The maximum atomic E-state index is 12.8. The number of amides is 1. The lowest BCUT2D eigenvalue weighted by atomic mass is 10.1. The van der Waals surface area contributed by atoms with Gasteiger partial charge in [0.1, 0.15) is 0 Å². The molecule has 5 heteroatoms. The molecule has 1 aromatic heterocycles. The number of nitrogens with one attached hydrogen (secondary N) is 1. The summed E-state index contributed by atoms with van der Waals surface area (Å²) in [6.07, 6.45) is 2.81. The van der Waals surface area contributed by atoms with E-state index in [4.69, 9.17) is 10.5 Å². The fraction of sp³-hybridized carbons (Fsp3) is 0.438. The van der Waals surface area contributed by atoms with Crippen LogP contribution in [-0.2, 0) is 4.74 Å². The van der Waals surface area contributed by atoms with E-state index in [1.165, 1.54) is 0 Å². The monoisotopic (exact) mass is 287 g/mol. The van der Waals surface area contributed by atoms with Crippen molar-refractivity contribution in [3.8, 4) is 0 Å². The third kappa shape index (κ3) is 2.74.